The third kappa shape index (κ3) is 4.77. The maximum absolute atomic E-state index is 12.6. The highest BCUT2D eigenvalue weighted by atomic mass is 16.5. The van der Waals surface area contributed by atoms with Crippen molar-refractivity contribution < 1.29 is 9.53 Å². The van der Waals surface area contributed by atoms with Gasteiger partial charge in [-0.05, 0) is 67.4 Å². The Kier molecular flexibility index (Phi) is 6.02. The van der Waals surface area contributed by atoms with Crippen LogP contribution in [-0.4, -0.2) is 54.4 Å². The number of benzene rings is 2. The summed E-state index contributed by atoms with van der Waals surface area (Å²) in [6, 6.07) is 17.6. The molecule has 1 aliphatic rings. The Morgan fingerprint density at radius 3 is 2.26 bits per heavy atom. The van der Waals surface area contributed by atoms with Gasteiger partial charge in [0.15, 0.2) is 5.82 Å². The number of nitrogens with zero attached hydrogens (tertiary/aromatic N) is 4. The first kappa shape index (κ1) is 20.7. The molecule has 7 nitrogen and oxygen atoms in total. The van der Waals surface area contributed by atoms with Gasteiger partial charge in [-0.15, -0.1) is 10.2 Å². The van der Waals surface area contributed by atoms with Crippen molar-refractivity contribution >= 4 is 17.5 Å². The Labute approximate surface area is 182 Å². The lowest BCUT2D eigenvalue weighted by atomic mass is 10.0. The Balaban J connectivity index is 1.33. The first-order chi connectivity index (χ1) is 15.0. The average Bonchev–Trinajstić information content (AvgIpc) is 2.81. The van der Waals surface area contributed by atoms with Gasteiger partial charge in [0.05, 0.1) is 12.8 Å². The van der Waals surface area contributed by atoms with Gasteiger partial charge in [-0.3, -0.25) is 0 Å². The van der Waals surface area contributed by atoms with Crippen LogP contribution in [0.2, 0.25) is 0 Å². The van der Waals surface area contributed by atoms with Crippen molar-refractivity contribution in [1.29, 1.82) is 0 Å². The van der Waals surface area contributed by atoms with Gasteiger partial charge >= 0.3 is 6.03 Å². The number of carbonyl (C=O) groups excluding carboxylic acids is 1. The lowest BCUT2D eigenvalue weighted by molar-refractivity contribution is 0.208. The first-order valence-corrected chi connectivity index (χ1v) is 10.4. The summed E-state index contributed by atoms with van der Waals surface area (Å²) in [6.45, 7) is 6.89. The van der Waals surface area contributed by atoms with E-state index in [1.165, 1.54) is 11.1 Å². The van der Waals surface area contributed by atoms with Crippen molar-refractivity contribution in [2.24, 2.45) is 0 Å². The van der Waals surface area contributed by atoms with Gasteiger partial charge in [0.2, 0.25) is 0 Å². The lowest BCUT2D eigenvalue weighted by Gasteiger charge is -2.35. The van der Waals surface area contributed by atoms with E-state index in [0.29, 0.717) is 26.2 Å². The van der Waals surface area contributed by atoms with Crippen molar-refractivity contribution in [3.63, 3.8) is 0 Å². The van der Waals surface area contributed by atoms with E-state index in [4.69, 9.17) is 4.74 Å². The molecule has 1 fully saturated rings. The molecule has 3 aromatic rings. The summed E-state index contributed by atoms with van der Waals surface area (Å²) in [5.41, 5.74) is 5.20. The van der Waals surface area contributed by atoms with Gasteiger partial charge in [0.1, 0.15) is 5.75 Å². The molecule has 1 N–H and O–H groups in total. The van der Waals surface area contributed by atoms with Gasteiger partial charge in [-0.25, -0.2) is 4.79 Å². The summed E-state index contributed by atoms with van der Waals surface area (Å²) < 4.78 is 5.15. The molecule has 7 heteroatoms. The van der Waals surface area contributed by atoms with Gasteiger partial charge < -0.3 is 19.9 Å². The smallest absolute Gasteiger partial charge is 0.321 e. The van der Waals surface area contributed by atoms with Gasteiger partial charge in [0, 0.05) is 37.4 Å². The highest BCUT2D eigenvalue weighted by Crippen LogP contribution is 2.22. The van der Waals surface area contributed by atoms with Crippen LogP contribution in [0.3, 0.4) is 0 Å². The van der Waals surface area contributed by atoms with Crippen LogP contribution in [0.25, 0.3) is 11.3 Å². The number of ether oxygens (including phenoxy) is 1. The molecular formula is C24H27N5O2. The predicted molar refractivity (Wildman–Crippen MR) is 123 cm³/mol. The first-order valence-electron chi connectivity index (χ1n) is 10.4. The van der Waals surface area contributed by atoms with Gasteiger partial charge in [-0.2, -0.15) is 0 Å². The van der Waals surface area contributed by atoms with E-state index in [1.807, 2.05) is 41.3 Å². The van der Waals surface area contributed by atoms with E-state index in [1.54, 1.807) is 7.11 Å². The van der Waals surface area contributed by atoms with Crippen LogP contribution in [0, 0.1) is 13.8 Å². The SMILES string of the molecule is COc1ccc(NC(=O)N2CCN(c3ccc(-c4ccc(C)c(C)c4)nn3)CC2)cc1. The monoisotopic (exact) mass is 417 g/mol. The molecule has 0 spiro atoms. The summed E-state index contributed by atoms with van der Waals surface area (Å²) in [4.78, 5) is 16.5. The van der Waals surface area contributed by atoms with Crippen LogP contribution in [0.1, 0.15) is 11.1 Å². The number of rotatable bonds is 4. The minimum absolute atomic E-state index is 0.0963. The fourth-order valence-electron chi connectivity index (χ4n) is 3.56. The molecular weight excluding hydrogens is 390 g/mol. The molecule has 1 saturated heterocycles. The van der Waals surface area contributed by atoms with E-state index in [2.05, 4.69) is 52.5 Å². The largest absolute Gasteiger partial charge is 0.497 e. The molecule has 4 rings (SSSR count). The third-order valence-corrected chi connectivity index (χ3v) is 5.69. The Bertz CT molecular complexity index is 1040. The maximum Gasteiger partial charge on any atom is 0.321 e. The molecule has 2 amide bonds. The van der Waals surface area contributed by atoms with E-state index in [9.17, 15) is 4.79 Å². The molecule has 0 bridgehead atoms. The number of carbonyl (C=O) groups is 1. The molecule has 0 radical (unpaired) electrons. The highest BCUT2D eigenvalue weighted by Gasteiger charge is 2.22. The number of aryl methyl sites for hydroxylation is 2. The maximum atomic E-state index is 12.6. The predicted octanol–water partition coefficient (Wildman–Crippen LogP) is 4.12. The van der Waals surface area contributed by atoms with Crippen LogP contribution in [0.5, 0.6) is 5.75 Å². The number of amides is 2. The van der Waals surface area contributed by atoms with Crippen LogP contribution >= 0.6 is 0 Å². The number of piperazine rings is 1. The molecule has 2 aromatic carbocycles. The normalized spacial score (nSPS) is 13.8. The van der Waals surface area contributed by atoms with Crippen molar-refractivity contribution in [1.82, 2.24) is 15.1 Å². The van der Waals surface area contributed by atoms with E-state index in [-0.39, 0.29) is 6.03 Å². The van der Waals surface area contributed by atoms with Crippen LogP contribution in [0.4, 0.5) is 16.3 Å². The Morgan fingerprint density at radius 2 is 1.65 bits per heavy atom. The molecule has 2 heterocycles. The molecule has 1 aliphatic heterocycles. The number of hydrogen-bond acceptors (Lipinski definition) is 5. The summed E-state index contributed by atoms with van der Waals surface area (Å²) in [5, 5.41) is 11.8. The summed E-state index contributed by atoms with van der Waals surface area (Å²) in [5.74, 6) is 1.60. The summed E-state index contributed by atoms with van der Waals surface area (Å²) >= 11 is 0. The number of aromatic nitrogens is 2. The zero-order valence-corrected chi connectivity index (χ0v) is 18.1. The van der Waals surface area contributed by atoms with Crippen molar-refractivity contribution in [3.8, 4) is 17.0 Å². The van der Waals surface area contributed by atoms with Gasteiger partial charge in [-0.1, -0.05) is 12.1 Å². The molecule has 0 saturated carbocycles. The van der Waals surface area contributed by atoms with E-state index in [0.717, 1.165) is 28.5 Å². The fourth-order valence-corrected chi connectivity index (χ4v) is 3.56. The molecule has 1 aromatic heterocycles. The second-order valence-corrected chi connectivity index (χ2v) is 7.71. The third-order valence-electron chi connectivity index (χ3n) is 5.69. The minimum atomic E-state index is -0.0963. The quantitative estimate of drug-likeness (QED) is 0.691. The minimum Gasteiger partial charge on any atom is -0.497 e. The van der Waals surface area contributed by atoms with Crippen LogP contribution < -0.4 is 15.0 Å². The van der Waals surface area contributed by atoms with E-state index >= 15 is 0 Å². The topological polar surface area (TPSA) is 70.6 Å². The highest BCUT2D eigenvalue weighted by molar-refractivity contribution is 5.89. The second kappa shape index (κ2) is 9.04. The molecule has 0 atom stereocenters. The van der Waals surface area contributed by atoms with E-state index < -0.39 is 0 Å². The number of methoxy groups -OCH3 is 1. The second-order valence-electron chi connectivity index (χ2n) is 7.71. The molecule has 160 valence electrons. The Hall–Kier alpha value is -3.61. The summed E-state index contributed by atoms with van der Waals surface area (Å²) in [7, 11) is 1.62. The Morgan fingerprint density at radius 1 is 0.903 bits per heavy atom. The van der Waals surface area contributed by atoms with Crippen LogP contribution in [-0.2, 0) is 0 Å². The number of hydrogen-bond donors (Lipinski definition) is 1. The molecule has 0 aliphatic carbocycles. The zero-order valence-electron chi connectivity index (χ0n) is 18.1. The van der Waals surface area contributed by atoms with Crippen molar-refractivity contribution in [3.05, 3.63) is 65.7 Å². The number of urea groups is 1. The standard InChI is InChI=1S/C24H27N5O2/c1-17-4-5-19(16-18(17)2)22-10-11-23(27-26-22)28-12-14-29(15-13-28)24(30)25-20-6-8-21(31-3)9-7-20/h4-11,16H,12-15H2,1-3H3,(H,25,30). The van der Waals surface area contributed by atoms with Gasteiger partial charge in [0.25, 0.3) is 0 Å². The fraction of sp³-hybridized carbons (Fsp3) is 0.292. The average molecular weight is 418 g/mol. The molecule has 31 heavy (non-hydrogen) atoms. The zero-order chi connectivity index (χ0) is 21.8. The summed E-state index contributed by atoms with van der Waals surface area (Å²) in [6.07, 6.45) is 0. The lowest BCUT2D eigenvalue weighted by Crippen LogP contribution is -2.50. The number of nitrogens with one attached hydrogen (secondary N) is 1. The number of anilines is 2. The van der Waals surface area contributed by atoms with Crippen LogP contribution in [0.15, 0.2) is 54.6 Å². The van der Waals surface area contributed by atoms with Crippen molar-refractivity contribution in [2.75, 3.05) is 43.5 Å². The van der Waals surface area contributed by atoms with Crippen molar-refractivity contribution in [2.45, 2.75) is 13.8 Å². The molecule has 0 unspecified atom stereocenters.